The zero-order chi connectivity index (χ0) is 18.9. The molecule has 0 N–H and O–H groups in total. The van der Waals surface area contributed by atoms with Gasteiger partial charge in [-0.2, -0.15) is 5.26 Å². The van der Waals surface area contributed by atoms with Crippen molar-refractivity contribution in [3.05, 3.63) is 77.9 Å². The van der Waals surface area contributed by atoms with Gasteiger partial charge in [0.25, 0.3) is 5.91 Å². The van der Waals surface area contributed by atoms with Gasteiger partial charge in [0.1, 0.15) is 5.75 Å². The van der Waals surface area contributed by atoms with Crippen molar-refractivity contribution in [1.29, 1.82) is 5.26 Å². The highest BCUT2D eigenvalue weighted by molar-refractivity contribution is 5.78. The Morgan fingerprint density at radius 2 is 2.00 bits per heavy atom. The molecule has 0 aliphatic heterocycles. The first-order chi connectivity index (χ1) is 12.5. The average Bonchev–Trinajstić information content (AvgIpc) is 2.66. The van der Waals surface area contributed by atoms with Crippen molar-refractivity contribution in [2.45, 2.75) is 26.3 Å². The van der Waals surface area contributed by atoms with Gasteiger partial charge >= 0.3 is 0 Å². The van der Waals surface area contributed by atoms with E-state index in [1.54, 1.807) is 23.1 Å². The Balaban J connectivity index is 2.00. The summed E-state index contributed by atoms with van der Waals surface area (Å²) in [5, 5.41) is 8.87. The maximum atomic E-state index is 12.6. The molecule has 0 bridgehead atoms. The lowest BCUT2D eigenvalue weighted by Gasteiger charge is -2.21. The number of ether oxygens (including phenoxy) is 1. The predicted octanol–water partition coefficient (Wildman–Crippen LogP) is 4.28. The monoisotopic (exact) mass is 348 g/mol. The number of carbonyl (C=O) groups is 1. The van der Waals surface area contributed by atoms with Gasteiger partial charge < -0.3 is 9.64 Å². The number of nitriles is 1. The molecule has 4 nitrogen and oxygen atoms in total. The summed E-state index contributed by atoms with van der Waals surface area (Å²) in [7, 11) is 0. The number of amides is 1. The number of benzene rings is 2. The van der Waals surface area contributed by atoms with Gasteiger partial charge in [0.05, 0.1) is 11.6 Å². The van der Waals surface area contributed by atoms with Gasteiger partial charge in [0, 0.05) is 13.1 Å². The Hall–Kier alpha value is -3.06. The molecule has 0 atom stereocenters. The lowest BCUT2D eigenvalue weighted by Crippen LogP contribution is -2.34. The van der Waals surface area contributed by atoms with Crippen LogP contribution in [0.4, 0.5) is 0 Å². The third-order valence-electron chi connectivity index (χ3n) is 4.05. The molecular formula is C22H24N2O2. The fourth-order valence-corrected chi connectivity index (χ4v) is 2.52. The van der Waals surface area contributed by atoms with Crippen LogP contribution in [0.1, 0.15) is 36.5 Å². The molecule has 0 fully saturated rings. The van der Waals surface area contributed by atoms with Crippen LogP contribution in [0.3, 0.4) is 0 Å². The van der Waals surface area contributed by atoms with E-state index in [2.05, 4.69) is 26.5 Å². The molecule has 0 unspecified atom stereocenters. The van der Waals surface area contributed by atoms with Crippen LogP contribution in [-0.2, 0) is 11.3 Å². The SMILES string of the molecule is C=CCN(Cc1ccc(C#N)cc1)C(=O)COc1cccc(C(C)C)c1. The summed E-state index contributed by atoms with van der Waals surface area (Å²) in [5.41, 5.74) is 2.74. The Labute approximate surface area is 155 Å². The Morgan fingerprint density at radius 1 is 1.27 bits per heavy atom. The minimum atomic E-state index is -0.107. The molecule has 4 heteroatoms. The molecule has 0 spiro atoms. The molecule has 2 rings (SSSR count). The zero-order valence-electron chi connectivity index (χ0n) is 15.3. The zero-order valence-corrected chi connectivity index (χ0v) is 15.3. The van der Waals surface area contributed by atoms with Gasteiger partial charge in [0.2, 0.25) is 0 Å². The molecule has 0 heterocycles. The Kier molecular flexibility index (Phi) is 6.99. The maximum absolute atomic E-state index is 12.6. The number of nitrogens with zero attached hydrogens (tertiary/aromatic N) is 2. The van der Waals surface area contributed by atoms with Crippen LogP contribution in [0.25, 0.3) is 0 Å². The van der Waals surface area contributed by atoms with Crippen LogP contribution in [0.15, 0.2) is 61.2 Å². The molecule has 2 aromatic rings. The molecule has 0 saturated carbocycles. The summed E-state index contributed by atoms with van der Waals surface area (Å²) in [6.45, 7) is 8.83. The average molecular weight is 348 g/mol. The van der Waals surface area contributed by atoms with Crippen LogP contribution in [-0.4, -0.2) is 24.0 Å². The third-order valence-corrected chi connectivity index (χ3v) is 4.05. The molecule has 0 radical (unpaired) electrons. The molecule has 0 aliphatic rings. The van der Waals surface area contributed by atoms with Crippen molar-refractivity contribution >= 4 is 5.91 Å². The van der Waals surface area contributed by atoms with E-state index < -0.39 is 0 Å². The van der Waals surface area contributed by atoms with Crippen LogP contribution in [0.2, 0.25) is 0 Å². The first-order valence-corrected chi connectivity index (χ1v) is 8.64. The topological polar surface area (TPSA) is 53.3 Å². The van der Waals surface area contributed by atoms with Gasteiger partial charge in [0.15, 0.2) is 6.61 Å². The first kappa shape index (κ1) is 19.3. The summed E-state index contributed by atoms with van der Waals surface area (Å²) >= 11 is 0. The van der Waals surface area contributed by atoms with Crippen molar-refractivity contribution in [2.24, 2.45) is 0 Å². The maximum Gasteiger partial charge on any atom is 0.261 e. The predicted molar refractivity (Wildman–Crippen MR) is 103 cm³/mol. The standard InChI is InChI=1S/C22H24N2O2/c1-4-12-24(15-19-10-8-18(14-23)9-11-19)22(25)16-26-21-7-5-6-20(13-21)17(2)3/h4-11,13,17H,1,12,15-16H2,2-3H3. The van der Waals surface area contributed by atoms with Crippen molar-refractivity contribution in [1.82, 2.24) is 4.90 Å². The quantitative estimate of drug-likeness (QED) is 0.669. The minimum absolute atomic E-state index is 0.0222. The first-order valence-electron chi connectivity index (χ1n) is 8.64. The summed E-state index contributed by atoms with van der Waals surface area (Å²) < 4.78 is 5.69. The van der Waals surface area contributed by atoms with Crippen molar-refractivity contribution in [2.75, 3.05) is 13.2 Å². The summed E-state index contributed by atoms with van der Waals surface area (Å²) in [6, 6.07) is 17.1. The normalized spacial score (nSPS) is 10.2. The van der Waals surface area contributed by atoms with E-state index in [0.29, 0.717) is 30.3 Å². The fraction of sp³-hybridized carbons (Fsp3) is 0.273. The van der Waals surface area contributed by atoms with Gasteiger partial charge in [-0.05, 0) is 41.3 Å². The molecule has 134 valence electrons. The van der Waals surface area contributed by atoms with E-state index in [1.807, 2.05) is 36.4 Å². The van der Waals surface area contributed by atoms with Gasteiger partial charge in [-0.25, -0.2) is 0 Å². The molecule has 2 aromatic carbocycles. The van der Waals surface area contributed by atoms with Crippen molar-refractivity contribution < 1.29 is 9.53 Å². The molecule has 0 aliphatic carbocycles. The van der Waals surface area contributed by atoms with Crippen molar-refractivity contribution in [3.63, 3.8) is 0 Å². The van der Waals surface area contributed by atoms with Gasteiger partial charge in [-0.1, -0.05) is 44.2 Å². The fourth-order valence-electron chi connectivity index (χ4n) is 2.52. The third kappa shape index (κ3) is 5.49. The largest absolute Gasteiger partial charge is 0.484 e. The Morgan fingerprint density at radius 3 is 2.62 bits per heavy atom. The summed E-state index contributed by atoms with van der Waals surface area (Å²) in [6.07, 6.45) is 1.70. The summed E-state index contributed by atoms with van der Waals surface area (Å²) in [5.74, 6) is 0.994. The van der Waals surface area contributed by atoms with Crippen LogP contribution in [0.5, 0.6) is 5.75 Å². The van der Waals surface area contributed by atoms with Crippen molar-refractivity contribution in [3.8, 4) is 11.8 Å². The molecule has 0 saturated heterocycles. The second kappa shape index (κ2) is 9.43. The highest BCUT2D eigenvalue weighted by Gasteiger charge is 2.14. The smallest absolute Gasteiger partial charge is 0.261 e. The molecular weight excluding hydrogens is 324 g/mol. The summed E-state index contributed by atoms with van der Waals surface area (Å²) in [4.78, 5) is 14.2. The lowest BCUT2D eigenvalue weighted by atomic mass is 10.0. The van der Waals surface area contributed by atoms with Crippen LogP contribution >= 0.6 is 0 Å². The highest BCUT2D eigenvalue weighted by Crippen LogP contribution is 2.20. The number of carbonyl (C=O) groups excluding carboxylic acids is 1. The second-order valence-corrected chi connectivity index (χ2v) is 6.39. The molecule has 1 amide bonds. The van der Waals surface area contributed by atoms with Gasteiger partial charge in [-0.15, -0.1) is 6.58 Å². The lowest BCUT2D eigenvalue weighted by molar-refractivity contribution is -0.133. The number of hydrogen-bond donors (Lipinski definition) is 0. The van der Waals surface area contributed by atoms with E-state index in [0.717, 1.165) is 5.56 Å². The molecule has 0 aromatic heterocycles. The van der Waals surface area contributed by atoms with E-state index in [4.69, 9.17) is 10.00 Å². The number of rotatable bonds is 8. The van der Waals surface area contributed by atoms with Gasteiger partial charge in [-0.3, -0.25) is 4.79 Å². The molecule has 26 heavy (non-hydrogen) atoms. The van der Waals surface area contributed by atoms with E-state index in [9.17, 15) is 4.79 Å². The highest BCUT2D eigenvalue weighted by atomic mass is 16.5. The second-order valence-electron chi connectivity index (χ2n) is 6.39. The minimum Gasteiger partial charge on any atom is -0.484 e. The van der Waals surface area contributed by atoms with E-state index >= 15 is 0 Å². The van der Waals surface area contributed by atoms with Crippen LogP contribution < -0.4 is 4.74 Å². The van der Waals surface area contributed by atoms with E-state index in [-0.39, 0.29) is 12.5 Å². The number of hydrogen-bond acceptors (Lipinski definition) is 3. The van der Waals surface area contributed by atoms with Crippen LogP contribution in [0, 0.1) is 11.3 Å². The van der Waals surface area contributed by atoms with E-state index in [1.165, 1.54) is 5.56 Å². The Bertz CT molecular complexity index is 789.